The molecule has 1 aliphatic heterocycles. The summed E-state index contributed by atoms with van der Waals surface area (Å²) in [5, 5.41) is 14.6. The molecule has 0 radical (unpaired) electrons. The average molecular weight is 447 g/mol. The number of methoxy groups -OCH3 is 1. The lowest BCUT2D eigenvalue weighted by atomic mass is 9.88. The van der Waals surface area contributed by atoms with E-state index < -0.39 is 0 Å². The van der Waals surface area contributed by atoms with Gasteiger partial charge in [0.05, 0.1) is 23.4 Å². The van der Waals surface area contributed by atoms with Crippen molar-refractivity contribution in [3.05, 3.63) is 29.0 Å². The summed E-state index contributed by atoms with van der Waals surface area (Å²) < 4.78 is 6.86. The number of amides is 2. The van der Waals surface area contributed by atoms with E-state index in [0.717, 1.165) is 38.5 Å². The lowest BCUT2D eigenvalue weighted by Gasteiger charge is -2.34. The minimum Gasteiger partial charge on any atom is -0.496 e. The highest BCUT2D eigenvalue weighted by molar-refractivity contribution is 6.33. The molecule has 1 N–H and O–H groups in total. The third kappa shape index (κ3) is 4.81. The Morgan fingerprint density at radius 2 is 1.87 bits per heavy atom. The molecule has 1 aromatic heterocycles. The maximum Gasteiger partial charge on any atom is 0.257 e. The van der Waals surface area contributed by atoms with E-state index in [1.54, 1.807) is 17.0 Å². The molecule has 0 unspecified atom stereocenters. The van der Waals surface area contributed by atoms with Gasteiger partial charge < -0.3 is 15.0 Å². The normalized spacial score (nSPS) is 18.1. The largest absolute Gasteiger partial charge is 0.496 e. The quantitative estimate of drug-likeness (QED) is 0.757. The van der Waals surface area contributed by atoms with E-state index in [2.05, 4.69) is 20.8 Å². The Hall–Kier alpha value is -2.68. The highest BCUT2D eigenvalue weighted by Crippen LogP contribution is 2.31. The summed E-state index contributed by atoms with van der Waals surface area (Å²) in [4.78, 5) is 27.5. The van der Waals surface area contributed by atoms with Gasteiger partial charge in [-0.2, -0.15) is 4.68 Å². The van der Waals surface area contributed by atoms with Crippen LogP contribution in [-0.2, 0) is 4.79 Å². The first-order valence-electron chi connectivity index (χ1n) is 10.8. The highest BCUT2D eigenvalue weighted by Gasteiger charge is 2.29. The summed E-state index contributed by atoms with van der Waals surface area (Å²) in [6.45, 7) is 1.15. The van der Waals surface area contributed by atoms with Gasteiger partial charge in [0.15, 0.2) is 0 Å². The standard InChI is InChI=1S/C21H27ClN6O3/c1-31-19-12-18(28-13-23-25-26-28)17(22)11-16(19)21(30)27-9-7-15(8-10-27)24-20(29)14-5-3-2-4-6-14/h11-15H,2-10H2,1H3,(H,24,29). The third-order valence-corrected chi connectivity index (χ3v) is 6.50. The van der Waals surface area contributed by atoms with Gasteiger partial charge in [0.2, 0.25) is 5.91 Å². The predicted octanol–water partition coefficient (Wildman–Crippen LogP) is 2.63. The van der Waals surface area contributed by atoms with Gasteiger partial charge in [-0.25, -0.2) is 0 Å². The number of nitrogens with zero attached hydrogens (tertiary/aromatic N) is 5. The Kier molecular flexibility index (Phi) is 6.70. The molecule has 0 spiro atoms. The zero-order valence-electron chi connectivity index (χ0n) is 17.6. The van der Waals surface area contributed by atoms with Crippen LogP contribution < -0.4 is 10.1 Å². The summed E-state index contributed by atoms with van der Waals surface area (Å²) in [5.74, 6) is 0.598. The van der Waals surface area contributed by atoms with Crippen molar-refractivity contribution in [3.63, 3.8) is 0 Å². The summed E-state index contributed by atoms with van der Waals surface area (Å²) in [5.41, 5.74) is 0.929. The van der Waals surface area contributed by atoms with Crippen LogP contribution in [0.25, 0.3) is 5.69 Å². The van der Waals surface area contributed by atoms with Gasteiger partial charge in [-0.1, -0.05) is 30.9 Å². The molecule has 0 bridgehead atoms. The number of tetrazole rings is 1. The van der Waals surface area contributed by atoms with Crippen LogP contribution in [-0.4, -0.2) is 63.2 Å². The molecule has 10 heteroatoms. The van der Waals surface area contributed by atoms with E-state index in [-0.39, 0.29) is 23.8 Å². The van der Waals surface area contributed by atoms with E-state index in [1.165, 1.54) is 24.5 Å². The molecule has 1 saturated carbocycles. The van der Waals surface area contributed by atoms with Crippen LogP contribution in [0.5, 0.6) is 5.75 Å². The molecule has 166 valence electrons. The van der Waals surface area contributed by atoms with Crippen molar-refractivity contribution in [2.75, 3.05) is 20.2 Å². The first-order chi connectivity index (χ1) is 15.1. The van der Waals surface area contributed by atoms with Crippen LogP contribution in [0, 0.1) is 5.92 Å². The Labute approximate surface area is 186 Å². The van der Waals surface area contributed by atoms with Crippen molar-refractivity contribution < 1.29 is 14.3 Å². The lowest BCUT2D eigenvalue weighted by molar-refractivity contribution is -0.126. The van der Waals surface area contributed by atoms with Gasteiger partial charge in [-0.05, 0) is 42.2 Å². The van der Waals surface area contributed by atoms with Gasteiger partial charge >= 0.3 is 0 Å². The van der Waals surface area contributed by atoms with E-state index >= 15 is 0 Å². The molecule has 0 atom stereocenters. The van der Waals surface area contributed by atoms with Gasteiger partial charge in [-0.15, -0.1) is 5.10 Å². The maximum atomic E-state index is 13.2. The summed E-state index contributed by atoms with van der Waals surface area (Å²) in [7, 11) is 1.51. The Morgan fingerprint density at radius 3 is 2.52 bits per heavy atom. The molecule has 2 fully saturated rings. The third-order valence-electron chi connectivity index (χ3n) is 6.20. The van der Waals surface area contributed by atoms with Crippen molar-refractivity contribution in [2.24, 2.45) is 5.92 Å². The SMILES string of the molecule is COc1cc(-n2cnnn2)c(Cl)cc1C(=O)N1CCC(NC(=O)C2CCCCC2)CC1. The molecule has 2 amide bonds. The molecule has 1 aliphatic carbocycles. The second-order valence-electron chi connectivity index (χ2n) is 8.17. The number of aromatic nitrogens is 4. The summed E-state index contributed by atoms with van der Waals surface area (Å²) in [6, 6.07) is 3.37. The monoisotopic (exact) mass is 446 g/mol. The molecule has 1 aromatic carbocycles. The zero-order valence-corrected chi connectivity index (χ0v) is 18.3. The Balaban J connectivity index is 1.39. The Morgan fingerprint density at radius 1 is 1.13 bits per heavy atom. The molecular formula is C21H27ClN6O3. The van der Waals surface area contributed by atoms with Crippen molar-refractivity contribution >= 4 is 23.4 Å². The van der Waals surface area contributed by atoms with Crippen molar-refractivity contribution in [3.8, 4) is 11.4 Å². The minimum absolute atomic E-state index is 0.117. The topological polar surface area (TPSA) is 102 Å². The van der Waals surface area contributed by atoms with Crippen LogP contribution in [0.4, 0.5) is 0 Å². The van der Waals surface area contributed by atoms with E-state index in [1.807, 2.05) is 0 Å². The molecule has 4 rings (SSSR count). The molecule has 2 aliphatic rings. The first kappa shape index (κ1) is 21.5. The number of hydrogen-bond acceptors (Lipinski definition) is 6. The van der Waals surface area contributed by atoms with Crippen molar-refractivity contribution in [1.82, 2.24) is 30.4 Å². The molecule has 2 aromatic rings. The van der Waals surface area contributed by atoms with Gasteiger partial charge in [0, 0.05) is 31.1 Å². The number of benzene rings is 1. The number of likely N-dealkylation sites (tertiary alicyclic amines) is 1. The van der Waals surface area contributed by atoms with Crippen LogP contribution in [0.1, 0.15) is 55.3 Å². The van der Waals surface area contributed by atoms with Gasteiger partial charge in [0.1, 0.15) is 12.1 Å². The number of piperidine rings is 1. The molecule has 9 nitrogen and oxygen atoms in total. The fraction of sp³-hybridized carbons (Fsp3) is 0.571. The molecule has 1 saturated heterocycles. The van der Waals surface area contributed by atoms with Crippen LogP contribution >= 0.6 is 11.6 Å². The second-order valence-corrected chi connectivity index (χ2v) is 8.58. The predicted molar refractivity (Wildman–Crippen MR) is 114 cm³/mol. The zero-order chi connectivity index (χ0) is 21.8. The number of ether oxygens (including phenoxy) is 1. The van der Waals surface area contributed by atoms with Crippen molar-refractivity contribution in [2.45, 2.75) is 51.0 Å². The molecular weight excluding hydrogens is 420 g/mol. The fourth-order valence-electron chi connectivity index (χ4n) is 4.41. The van der Waals surface area contributed by atoms with Gasteiger partial charge in [-0.3, -0.25) is 9.59 Å². The van der Waals surface area contributed by atoms with Crippen LogP contribution in [0.15, 0.2) is 18.5 Å². The second kappa shape index (κ2) is 9.64. The highest BCUT2D eigenvalue weighted by atomic mass is 35.5. The van der Waals surface area contributed by atoms with Crippen molar-refractivity contribution in [1.29, 1.82) is 0 Å². The number of nitrogens with one attached hydrogen (secondary N) is 1. The van der Waals surface area contributed by atoms with Gasteiger partial charge in [0.25, 0.3) is 5.91 Å². The number of hydrogen-bond donors (Lipinski definition) is 1. The minimum atomic E-state index is -0.140. The van der Waals surface area contributed by atoms with E-state index in [0.29, 0.717) is 35.1 Å². The number of rotatable bonds is 5. The number of halogens is 1. The Bertz CT molecular complexity index is 921. The summed E-state index contributed by atoms with van der Waals surface area (Å²) >= 11 is 6.40. The molecule has 31 heavy (non-hydrogen) atoms. The number of carbonyl (C=O) groups excluding carboxylic acids is 2. The number of carbonyl (C=O) groups is 2. The molecule has 2 heterocycles. The van der Waals surface area contributed by atoms with Crippen LogP contribution in [0.2, 0.25) is 5.02 Å². The first-order valence-corrected chi connectivity index (χ1v) is 11.1. The van der Waals surface area contributed by atoms with E-state index in [4.69, 9.17) is 16.3 Å². The fourth-order valence-corrected chi connectivity index (χ4v) is 4.66. The smallest absolute Gasteiger partial charge is 0.257 e. The summed E-state index contributed by atoms with van der Waals surface area (Å²) in [6.07, 6.45) is 8.40. The maximum absolute atomic E-state index is 13.2. The van der Waals surface area contributed by atoms with Crippen LogP contribution in [0.3, 0.4) is 0 Å². The lowest BCUT2D eigenvalue weighted by Crippen LogP contribution is -2.48. The average Bonchev–Trinajstić information content (AvgIpc) is 3.34. The van der Waals surface area contributed by atoms with E-state index in [9.17, 15) is 9.59 Å².